The summed E-state index contributed by atoms with van der Waals surface area (Å²) in [5.41, 5.74) is 3.24. The Morgan fingerprint density at radius 3 is 2.58 bits per heavy atom. The topological polar surface area (TPSA) is 97.8 Å². The van der Waals surface area contributed by atoms with Gasteiger partial charge in [-0.2, -0.15) is 0 Å². The van der Waals surface area contributed by atoms with Gasteiger partial charge in [0.25, 0.3) is 5.91 Å². The molecule has 8 nitrogen and oxygen atoms in total. The van der Waals surface area contributed by atoms with Crippen molar-refractivity contribution in [1.82, 2.24) is 4.98 Å². The molecule has 0 spiro atoms. The summed E-state index contributed by atoms with van der Waals surface area (Å²) in [4.78, 5) is 42.7. The molecule has 0 aliphatic carbocycles. The smallest absolute Gasteiger partial charge is 0.434 e. The van der Waals surface area contributed by atoms with Gasteiger partial charge in [0.1, 0.15) is 5.75 Å². The normalized spacial score (nSPS) is 14.1. The molecule has 2 aromatic carbocycles. The minimum Gasteiger partial charge on any atom is -0.434 e. The number of aromatic nitrogens is 1. The molecule has 0 saturated carbocycles. The van der Waals surface area contributed by atoms with Gasteiger partial charge < -0.3 is 14.4 Å². The van der Waals surface area contributed by atoms with Crippen molar-refractivity contribution in [2.24, 2.45) is 0 Å². The van der Waals surface area contributed by atoms with Gasteiger partial charge in [-0.25, -0.2) is 9.78 Å². The number of fused-ring (bicyclic) bond motifs is 1. The summed E-state index contributed by atoms with van der Waals surface area (Å²) in [7, 11) is 1.78. The van der Waals surface area contributed by atoms with Crippen LogP contribution in [0.3, 0.4) is 0 Å². The lowest BCUT2D eigenvalue weighted by atomic mass is 9.85. The third-order valence-electron chi connectivity index (χ3n) is 5.47. The number of hydrogen-bond acceptors (Lipinski definition) is 7. The van der Waals surface area contributed by atoms with Crippen LogP contribution in [0, 0.1) is 0 Å². The third kappa shape index (κ3) is 4.31. The number of hydrogen-bond donors (Lipinski definition) is 1. The van der Waals surface area contributed by atoms with Gasteiger partial charge in [0.15, 0.2) is 5.13 Å². The number of anilines is 2. The van der Waals surface area contributed by atoms with Gasteiger partial charge in [-0.15, -0.1) is 11.3 Å². The number of nitrogens with zero attached hydrogens (tertiary/aromatic N) is 2. The summed E-state index contributed by atoms with van der Waals surface area (Å²) in [5, 5.41) is 5.10. The van der Waals surface area contributed by atoms with Crippen molar-refractivity contribution >= 4 is 40.1 Å². The van der Waals surface area contributed by atoms with Crippen molar-refractivity contribution in [3.63, 3.8) is 0 Å². The summed E-state index contributed by atoms with van der Waals surface area (Å²) >= 11 is 1.31. The summed E-state index contributed by atoms with van der Waals surface area (Å²) < 4.78 is 9.71. The molecule has 0 bridgehead atoms. The Kier molecular flexibility index (Phi) is 5.90. The first-order valence-electron chi connectivity index (χ1n) is 10.4. The first-order valence-corrected chi connectivity index (χ1v) is 11.2. The molecule has 170 valence electrons. The van der Waals surface area contributed by atoms with E-state index >= 15 is 0 Å². The largest absolute Gasteiger partial charge is 0.513 e. The average molecular weight is 466 g/mol. The van der Waals surface area contributed by atoms with E-state index in [2.05, 4.69) is 10.3 Å². The van der Waals surface area contributed by atoms with Crippen molar-refractivity contribution in [3.8, 4) is 17.0 Å². The number of benzene rings is 2. The number of rotatable bonds is 5. The van der Waals surface area contributed by atoms with E-state index in [9.17, 15) is 14.4 Å². The van der Waals surface area contributed by atoms with Gasteiger partial charge in [0.2, 0.25) is 5.91 Å². The van der Waals surface area contributed by atoms with E-state index in [0.717, 1.165) is 16.8 Å². The highest BCUT2D eigenvalue weighted by Gasteiger charge is 2.42. The molecule has 3 aromatic rings. The fraction of sp³-hybridized carbons (Fsp3) is 0.250. The number of ether oxygens (including phenoxy) is 2. The van der Waals surface area contributed by atoms with Crippen LogP contribution in [-0.2, 0) is 14.9 Å². The Hall–Kier alpha value is -3.72. The Balaban J connectivity index is 1.47. The van der Waals surface area contributed by atoms with Crippen molar-refractivity contribution in [2.75, 3.05) is 23.9 Å². The zero-order chi connectivity index (χ0) is 23.8. The monoisotopic (exact) mass is 465 g/mol. The van der Waals surface area contributed by atoms with Crippen molar-refractivity contribution < 1.29 is 23.9 Å². The Bertz CT molecular complexity index is 1230. The SMILES string of the molecule is CCOC(=O)Oc1ccc(C(=O)Nc2nc(-c3ccc4c(c3)C(C)(C)C(=O)N4C)cs2)cc1. The maximum absolute atomic E-state index is 12.6. The van der Waals surface area contributed by atoms with Gasteiger partial charge in [-0.1, -0.05) is 6.07 Å². The highest BCUT2D eigenvalue weighted by atomic mass is 32.1. The minimum absolute atomic E-state index is 0.0551. The molecule has 1 aromatic heterocycles. The van der Waals surface area contributed by atoms with Crippen LogP contribution in [0.25, 0.3) is 11.3 Å². The second-order valence-corrected chi connectivity index (χ2v) is 8.88. The first-order chi connectivity index (χ1) is 15.7. The number of nitrogens with one attached hydrogen (secondary N) is 1. The molecule has 33 heavy (non-hydrogen) atoms. The van der Waals surface area contributed by atoms with Crippen LogP contribution >= 0.6 is 11.3 Å². The van der Waals surface area contributed by atoms with Crippen LogP contribution in [0.1, 0.15) is 36.7 Å². The summed E-state index contributed by atoms with van der Waals surface area (Å²) in [6.07, 6.45) is -0.795. The highest BCUT2D eigenvalue weighted by molar-refractivity contribution is 7.14. The van der Waals surface area contributed by atoms with E-state index in [4.69, 9.17) is 9.47 Å². The predicted molar refractivity (Wildman–Crippen MR) is 126 cm³/mol. The van der Waals surface area contributed by atoms with Gasteiger partial charge in [0, 0.05) is 29.2 Å². The Morgan fingerprint density at radius 1 is 1.15 bits per heavy atom. The number of likely N-dealkylation sites (N-methyl/N-ethyl adjacent to an activating group) is 1. The maximum Gasteiger partial charge on any atom is 0.513 e. The average Bonchev–Trinajstić information content (AvgIpc) is 3.32. The van der Waals surface area contributed by atoms with Gasteiger partial charge in [-0.05, 0) is 62.7 Å². The molecule has 0 atom stereocenters. The van der Waals surface area contributed by atoms with Crippen LogP contribution in [0.5, 0.6) is 5.75 Å². The number of thiazole rings is 1. The lowest BCUT2D eigenvalue weighted by Gasteiger charge is -2.16. The molecule has 9 heteroatoms. The van der Waals surface area contributed by atoms with Gasteiger partial charge in [0.05, 0.1) is 17.7 Å². The molecule has 1 aliphatic heterocycles. The van der Waals surface area contributed by atoms with Crippen LogP contribution in [0.2, 0.25) is 0 Å². The number of amides is 2. The van der Waals surface area contributed by atoms with E-state index in [0.29, 0.717) is 16.4 Å². The maximum atomic E-state index is 12.6. The van der Waals surface area contributed by atoms with Crippen molar-refractivity contribution in [2.45, 2.75) is 26.2 Å². The van der Waals surface area contributed by atoms with Crippen LogP contribution in [-0.4, -0.2) is 36.6 Å². The second kappa shape index (κ2) is 8.67. The van der Waals surface area contributed by atoms with E-state index in [1.54, 1.807) is 31.0 Å². The zero-order valence-electron chi connectivity index (χ0n) is 18.7. The molecule has 1 N–H and O–H groups in total. The predicted octanol–water partition coefficient (Wildman–Crippen LogP) is 4.85. The molecule has 0 radical (unpaired) electrons. The fourth-order valence-corrected chi connectivity index (χ4v) is 4.40. The molecule has 4 rings (SSSR count). The van der Waals surface area contributed by atoms with Crippen molar-refractivity contribution in [3.05, 3.63) is 59.0 Å². The van der Waals surface area contributed by atoms with E-state index in [-0.39, 0.29) is 24.2 Å². The standard InChI is InChI=1S/C24H23N3O5S/c1-5-31-23(30)32-16-9-6-14(7-10-16)20(28)26-22-25-18(13-33-22)15-8-11-19-17(12-15)24(2,3)21(29)27(19)4/h6-13H,5H2,1-4H3,(H,25,26,28). The van der Waals surface area contributed by atoms with E-state index in [1.165, 1.54) is 23.5 Å². The lowest BCUT2D eigenvalue weighted by molar-refractivity contribution is -0.121. The lowest BCUT2D eigenvalue weighted by Crippen LogP contribution is -2.33. The summed E-state index contributed by atoms with van der Waals surface area (Å²) in [6.45, 7) is 5.73. The van der Waals surface area contributed by atoms with E-state index in [1.807, 2.05) is 37.4 Å². The van der Waals surface area contributed by atoms with Crippen LogP contribution in [0.4, 0.5) is 15.6 Å². The first kappa shape index (κ1) is 22.5. The molecule has 0 fully saturated rings. The van der Waals surface area contributed by atoms with Crippen LogP contribution in [0.15, 0.2) is 47.8 Å². The molecule has 1 aliphatic rings. The zero-order valence-corrected chi connectivity index (χ0v) is 19.5. The molecular weight excluding hydrogens is 442 g/mol. The minimum atomic E-state index is -0.795. The molecule has 2 amide bonds. The molecule has 0 unspecified atom stereocenters. The number of carbonyl (C=O) groups excluding carboxylic acids is 3. The second-order valence-electron chi connectivity index (χ2n) is 8.02. The highest BCUT2D eigenvalue weighted by Crippen LogP contribution is 2.42. The van der Waals surface area contributed by atoms with E-state index < -0.39 is 11.6 Å². The number of carbonyl (C=O) groups is 3. The Morgan fingerprint density at radius 2 is 1.88 bits per heavy atom. The fourth-order valence-electron chi connectivity index (χ4n) is 3.68. The molecule has 0 saturated heterocycles. The third-order valence-corrected chi connectivity index (χ3v) is 6.23. The van der Waals surface area contributed by atoms with Gasteiger partial charge in [-0.3, -0.25) is 14.9 Å². The Labute approximate surface area is 195 Å². The summed E-state index contributed by atoms with van der Waals surface area (Å²) in [6, 6.07) is 12.0. The van der Waals surface area contributed by atoms with Crippen molar-refractivity contribution in [1.29, 1.82) is 0 Å². The van der Waals surface area contributed by atoms with Crippen LogP contribution < -0.4 is 15.0 Å². The van der Waals surface area contributed by atoms with Gasteiger partial charge >= 0.3 is 6.16 Å². The summed E-state index contributed by atoms with van der Waals surface area (Å²) in [5.74, 6) is 0.00522. The molecule has 2 heterocycles. The molecular formula is C24H23N3O5S. The quantitative estimate of drug-likeness (QED) is 0.427.